The molecule has 1 fully saturated rings. The second-order valence-corrected chi connectivity index (χ2v) is 8.03. The van der Waals surface area contributed by atoms with Gasteiger partial charge < -0.3 is 4.74 Å². The topological polar surface area (TPSA) is 43.4 Å². The number of ether oxygens (including phenoxy) is 1. The predicted molar refractivity (Wildman–Crippen MR) is 110 cm³/mol. The largest absolute Gasteiger partial charge is 0.459 e. The van der Waals surface area contributed by atoms with E-state index in [0.29, 0.717) is 12.8 Å². The van der Waals surface area contributed by atoms with Crippen LogP contribution in [0.4, 0.5) is 0 Å². The number of carbonyl (C=O) groups excluding carboxylic acids is 2. The van der Waals surface area contributed by atoms with Crippen molar-refractivity contribution in [2.24, 2.45) is 23.7 Å². The highest BCUT2D eigenvalue weighted by atomic mass is 16.5. The summed E-state index contributed by atoms with van der Waals surface area (Å²) in [5.41, 5.74) is 1.22. The van der Waals surface area contributed by atoms with Crippen LogP contribution in [0.2, 0.25) is 0 Å². The third-order valence-electron chi connectivity index (χ3n) is 4.93. The van der Waals surface area contributed by atoms with Gasteiger partial charge in [0, 0.05) is 12.3 Å². The molecule has 3 atom stereocenters. The van der Waals surface area contributed by atoms with Crippen molar-refractivity contribution >= 4 is 11.8 Å². The lowest BCUT2D eigenvalue weighted by atomic mass is 9.83. The Balaban J connectivity index is 2.47. The van der Waals surface area contributed by atoms with Gasteiger partial charge in [-0.05, 0) is 50.5 Å². The van der Waals surface area contributed by atoms with Gasteiger partial charge in [0.15, 0.2) is 5.78 Å². The minimum Gasteiger partial charge on any atom is -0.459 e. The lowest BCUT2D eigenvalue weighted by Crippen LogP contribution is -2.23. The van der Waals surface area contributed by atoms with Crippen molar-refractivity contribution in [3.63, 3.8) is 0 Å². The molecule has 0 aliphatic heterocycles. The van der Waals surface area contributed by atoms with Gasteiger partial charge >= 0.3 is 5.97 Å². The Morgan fingerprint density at radius 1 is 1.15 bits per heavy atom. The van der Waals surface area contributed by atoms with Crippen LogP contribution in [0.25, 0.3) is 0 Å². The van der Waals surface area contributed by atoms with Crippen LogP contribution >= 0.6 is 0 Å². The summed E-state index contributed by atoms with van der Waals surface area (Å²) >= 11 is 0. The zero-order chi connectivity index (χ0) is 20.0. The van der Waals surface area contributed by atoms with Crippen molar-refractivity contribution in [3.8, 4) is 0 Å². The molecule has 27 heavy (non-hydrogen) atoms. The SMILES string of the molecule is C/C=C\C=C/C1C/C(=C(/C(=O)CC(C)C)C(=O)OC(C)C)C2C=CC=CC12. The summed E-state index contributed by atoms with van der Waals surface area (Å²) in [4.78, 5) is 25.8. The molecule has 0 N–H and O–H groups in total. The molecular weight excluding hydrogens is 336 g/mol. The molecule has 3 nitrogen and oxygen atoms in total. The number of fused-ring (bicyclic) bond motifs is 1. The summed E-state index contributed by atoms with van der Waals surface area (Å²) in [5, 5.41) is 0. The summed E-state index contributed by atoms with van der Waals surface area (Å²) in [6.07, 6.45) is 17.5. The van der Waals surface area contributed by atoms with Gasteiger partial charge in [0.1, 0.15) is 5.57 Å². The van der Waals surface area contributed by atoms with Crippen molar-refractivity contribution in [1.82, 2.24) is 0 Å². The maximum absolute atomic E-state index is 13.0. The summed E-state index contributed by atoms with van der Waals surface area (Å²) in [5.74, 6) is 0.276. The second kappa shape index (κ2) is 9.68. The molecule has 3 heteroatoms. The average Bonchev–Trinajstić information content (AvgIpc) is 2.93. The summed E-state index contributed by atoms with van der Waals surface area (Å²) in [6.45, 7) is 9.61. The van der Waals surface area contributed by atoms with E-state index >= 15 is 0 Å². The summed E-state index contributed by atoms with van der Waals surface area (Å²) in [7, 11) is 0. The van der Waals surface area contributed by atoms with E-state index in [2.05, 4.69) is 30.4 Å². The number of allylic oxidation sites excluding steroid dienone is 9. The van der Waals surface area contributed by atoms with Crippen LogP contribution in [-0.4, -0.2) is 17.9 Å². The molecule has 0 spiro atoms. The molecule has 1 saturated carbocycles. The molecule has 2 rings (SSSR count). The zero-order valence-electron chi connectivity index (χ0n) is 17.1. The quantitative estimate of drug-likeness (QED) is 0.200. The van der Waals surface area contributed by atoms with Crippen LogP contribution in [0.15, 0.2) is 59.8 Å². The first-order valence-corrected chi connectivity index (χ1v) is 9.96. The smallest absolute Gasteiger partial charge is 0.341 e. The van der Waals surface area contributed by atoms with Gasteiger partial charge in [-0.2, -0.15) is 0 Å². The fourth-order valence-corrected chi connectivity index (χ4v) is 3.86. The fraction of sp³-hybridized carbons (Fsp3) is 0.500. The van der Waals surface area contributed by atoms with E-state index in [1.165, 1.54) is 0 Å². The lowest BCUT2D eigenvalue weighted by Gasteiger charge is -2.21. The van der Waals surface area contributed by atoms with Gasteiger partial charge in [0.25, 0.3) is 0 Å². The Morgan fingerprint density at radius 3 is 2.48 bits per heavy atom. The van der Waals surface area contributed by atoms with Crippen molar-refractivity contribution in [1.29, 1.82) is 0 Å². The zero-order valence-corrected chi connectivity index (χ0v) is 17.1. The Hall–Kier alpha value is -2.16. The molecule has 2 aliphatic carbocycles. The second-order valence-electron chi connectivity index (χ2n) is 8.03. The molecule has 0 aromatic heterocycles. The van der Waals surface area contributed by atoms with Gasteiger partial charge in [0.05, 0.1) is 6.10 Å². The third kappa shape index (κ3) is 5.41. The van der Waals surface area contributed by atoms with Gasteiger partial charge in [-0.15, -0.1) is 0 Å². The fourth-order valence-electron chi connectivity index (χ4n) is 3.86. The van der Waals surface area contributed by atoms with Crippen LogP contribution in [-0.2, 0) is 14.3 Å². The van der Waals surface area contributed by atoms with Crippen molar-refractivity contribution in [2.75, 3.05) is 0 Å². The highest BCUT2D eigenvalue weighted by molar-refractivity contribution is 6.18. The van der Waals surface area contributed by atoms with Crippen LogP contribution in [0.3, 0.4) is 0 Å². The summed E-state index contributed by atoms with van der Waals surface area (Å²) in [6, 6.07) is 0. The van der Waals surface area contributed by atoms with Crippen molar-refractivity contribution < 1.29 is 14.3 Å². The number of hydrogen-bond acceptors (Lipinski definition) is 3. The third-order valence-corrected chi connectivity index (χ3v) is 4.93. The Kier molecular flexibility index (Phi) is 7.58. The number of hydrogen-bond donors (Lipinski definition) is 0. The van der Waals surface area contributed by atoms with Gasteiger partial charge in [-0.25, -0.2) is 4.79 Å². The molecule has 0 heterocycles. The Morgan fingerprint density at radius 2 is 1.85 bits per heavy atom. The van der Waals surface area contributed by atoms with Crippen molar-refractivity contribution in [3.05, 3.63) is 59.8 Å². The number of carbonyl (C=O) groups is 2. The number of Topliss-reactive ketones (excluding diaryl/α,β-unsaturated/α-hetero) is 1. The molecule has 2 aliphatic rings. The molecule has 0 saturated heterocycles. The highest BCUT2D eigenvalue weighted by Crippen LogP contribution is 2.47. The van der Waals surface area contributed by atoms with E-state index in [1.807, 2.05) is 52.8 Å². The van der Waals surface area contributed by atoms with Gasteiger partial charge in [-0.3, -0.25) is 4.79 Å². The first-order valence-electron chi connectivity index (χ1n) is 9.96. The average molecular weight is 369 g/mol. The number of esters is 1. The Labute approximate surface area is 163 Å². The minimum absolute atomic E-state index is 0.0843. The van der Waals surface area contributed by atoms with Gasteiger partial charge in [0.2, 0.25) is 0 Å². The minimum atomic E-state index is -0.467. The maximum Gasteiger partial charge on any atom is 0.341 e. The molecule has 0 aromatic rings. The molecule has 3 unspecified atom stereocenters. The standard InChI is InChI=1S/C24H32O3/c1-6-7-8-11-18-15-21(20-13-10-9-12-19(18)20)23(22(25)14-16(2)3)24(26)27-17(4)5/h6-13,16-20H,14-15H2,1-5H3/b7-6-,11-8-,23-21+. The summed E-state index contributed by atoms with van der Waals surface area (Å²) < 4.78 is 5.45. The van der Waals surface area contributed by atoms with Crippen LogP contribution in [0, 0.1) is 23.7 Å². The molecule has 0 amide bonds. The highest BCUT2D eigenvalue weighted by Gasteiger charge is 2.40. The lowest BCUT2D eigenvalue weighted by molar-refractivity contribution is -0.144. The van der Waals surface area contributed by atoms with E-state index in [1.54, 1.807) is 0 Å². The molecular formula is C24H32O3. The Bertz CT molecular complexity index is 677. The predicted octanol–water partition coefficient (Wildman–Crippen LogP) is 5.36. The van der Waals surface area contributed by atoms with Crippen LogP contribution < -0.4 is 0 Å². The van der Waals surface area contributed by atoms with Crippen LogP contribution in [0.5, 0.6) is 0 Å². The first-order chi connectivity index (χ1) is 12.8. The normalized spacial score (nSPS) is 26.4. The van der Waals surface area contributed by atoms with E-state index in [0.717, 1.165) is 5.57 Å². The van der Waals surface area contributed by atoms with Crippen LogP contribution in [0.1, 0.15) is 47.5 Å². The number of ketones is 1. The number of rotatable bonds is 7. The van der Waals surface area contributed by atoms with Crippen molar-refractivity contribution in [2.45, 2.75) is 53.6 Å². The first kappa shape index (κ1) is 21.1. The monoisotopic (exact) mass is 368 g/mol. The molecule has 0 radical (unpaired) electrons. The van der Waals surface area contributed by atoms with E-state index < -0.39 is 5.97 Å². The molecule has 146 valence electrons. The maximum atomic E-state index is 13.0. The van der Waals surface area contributed by atoms with E-state index in [9.17, 15) is 9.59 Å². The van der Waals surface area contributed by atoms with E-state index in [-0.39, 0.29) is 41.1 Å². The van der Waals surface area contributed by atoms with E-state index in [4.69, 9.17) is 4.74 Å². The molecule has 0 aromatic carbocycles. The molecule has 0 bridgehead atoms. The van der Waals surface area contributed by atoms with Gasteiger partial charge in [-0.1, -0.05) is 62.5 Å².